The van der Waals surface area contributed by atoms with Crippen molar-refractivity contribution in [3.63, 3.8) is 0 Å². The molecule has 6 atom stereocenters. The molecular weight excluding hydrogens is 884 g/mol. The molecule has 10 rings (SSSR count). The average Bonchev–Trinajstić information content (AvgIpc) is 4.11. The number of ether oxygens (including phenoxy) is 10. The standard InChI is InChI=1S/C28H36O5.C27H32O5.O2P/c1-4-5-6-19-11-21(7-9-26(19)32-17-24-15-30-24)28(2,3)22-8-10-27(33-18-25-16-31-25)20(12-22)13-23-14-29-23;1-4-5-18-10-20(6-8-25(18)31-16-23-14-29-23)27(2,3)21-7-9-26(32-17-24-15-30-24)19(11-21)12-22-13-28-22;1-3-2/h7-12,23-25H,4-6,13-18H2,1-3H3;4,6-11,22-24H,1,5,12-17H2,2-3H3;/q;;+1. The van der Waals surface area contributed by atoms with E-state index in [1.807, 2.05) is 6.08 Å². The maximum absolute atomic E-state index is 8.35. The van der Waals surface area contributed by atoms with Crippen molar-refractivity contribution in [1.29, 1.82) is 0 Å². The summed E-state index contributed by atoms with van der Waals surface area (Å²) in [5, 5.41) is 0. The van der Waals surface area contributed by atoms with Crippen LogP contribution < -0.4 is 18.9 Å². The van der Waals surface area contributed by atoms with E-state index in [9.17, 15) is 0 Å². The summed E-state index contributed by atoms with van der Waals surface area (Å²) in [7, 11) is -1.08. The van der Waals surface area contributed by atoms with Gasteiger partial charge in [0.25, 0.3) is 0 Å². The van der Waals surface area contributed by atoms with Crippen LogP contribution >= 0.6 is 8.34 Å². The normalized spacial score (nSPS) is 22.5. The number of unbranched alkanes of at least 4 members (excludes halogenated alkanes) is 1. The molecule has 0 aliphatic carbocycles. The SMILES string of the molecule is C=CCc1cc(C(C)(C)c2ccc(OCC3CO3)c(CC3CO3)c2)ccc1OCC1CO1.CCCCc1cc(C(C)(C)c2ccc(OCC3CO3)c(CC3CO3)c2)ccc1OCC1CO1.O=[P+]=O. The number of allylic oxidation sites excluding steroid dienone is 1. The fourth-order valence-corrected chi connectivity index (χ4v) is 8.22. The summed E-state index contributed by atoms with van der Waals surface area (Å²) < 4.78 is 73.2. The first-order chi connectivity index (χ1) is 33.0. The van der Waals surface area contributed by atoms with Crippen LogP contribution in [0.25, 0.3) is 0 Å². The van der Waals surface area contributed by atoms with Crippen molar-refractivity contribution in [1.82, 2.24) is 0 Å². The predicted octanol–water partition coefficient (Wildman–Crippen LogP) is 9.71. The van der Waals surface area contributed by atoms with Gasteiger partial charge in [-0.15, -0.1) is 6.58 Å². The number of hydrogen-bond acceptors (Lipinski definition) is 12. The Morgan fingerprint density at radius 3 is 1.12 bits per heavy atom. The first kappa shape index (κ1) is 50.0. The van der Waals surface area contributed by atoms with Gasteiger partial charge in [-0.1, -0.05) is 95.6 Å². The van der Waals surface area contributed by atoms with Crippen LogP contribution in [0.5, 0.6) is 23.0 Å². The second-order valence-electron chi connectivity index (χ2n) is 19.6. The Labute approximate surface area is 403 Å². The van der Waals surface area contributed by atoms with Crippen LogP contribution in [-0.4, -0.2) is 103 Å². The first-order valence-electron chi connectivity index (χ1n) is 24.3. The molecule has 6 aliphatic rings. The molecule has 6 unspecified atom stereocenters. The van der Waals surface area contributed by atoms with Crippen molar-refractivity contribution in [3.05, 3.63) is 130 Å². The van der Waals surface area contributed by atoms with Crippen LogP contribution in [0, 0.1) is 0 Å². The monoisotopic (exact) mass is 951 g/mol. The maximum atomic E-state index is 8.35. The number of epoxide rings is 6. The van der Waals surface area contributed by atoms with Crippen molar-refractivity contribution in [2.75, 3.05) is 66.1 Å². The van der Waals surface area contributed by atoms with Gasteiger partial charge >= 0.3 is 17.5 Å². The van der Waals surface area contributed by atoms with E-state index in [4.69, 9.17) is 56.5 Å². The van der Waals surface area contributed by atoms with Gasteiger partial charge in [-0.25, -0.2) is 0 Å². The zero-order chi connectivity index (χ0) is 47.7. The van der Waals surface area contributed by atoms with Gasteiger partial charge in [0.15, 0.2) is 0 Å². The second kappa shape index (κ2) is 23.0. The van der Waals surface area contributed by atoms with Crippen LogP contribution in [0.2, 0.25) is 0 Å². The molecule has 0 spiro atoms. The number of hydrogen-bond donors (Lipinski definition) is 0. The number of rotatable bonds is 25. The number of aryl methyl sites for hydroxylation is 1. The molecule has 12 nitrogen and oxygen atoms in total. The van der Waals surface area contributed by atoms with E-state index in [0.29, 0.717) is 38.6 Å². The molecule has 68 heavy (non-hydrogen) atoms. The minimum atomic E-state index is -1.08. The average molecular weight is 952 g/mol. The van der Waals surface area contributed by atoms with E-state index >= 15 is 0 Å². The fourth-order valence-electron chi connectivity index (χ4n) is 8.22. The van der Waals surface area contributed by atoms with E-state index in [1.165, 1.54) is 45.4 Å². The topological polar surface area (TPSA) is 146 Å². The molecule has 0 amide bonds. The third-order valence-electron chi connectivity index (χ3n) is 13.3. The van der Waals surface area contributed by atoms with E-state index in [2.05, 4.69) is 114 Å². The van der Waals surface area contributed by atoms with Gasteiger partial charge in [0.1, 0.15) is 73.8 Å². The molecule has 0 aromatic heterocycles. The van der Waals surface area contributed by atoms with Crippen molar-refractivity contribution in [2.45, 2.75) is 121 Å². The summed E-state index contributed by atoms with van der Waals surface area (Å²) in [5.41, 5.74) is 9.65. The van der Waals surface area contributed by atoms with E-state index < -0.39 is 8.34 Å². The summed E-state index contributed by atoms with van der Waals surface area (Å²) in [6.07, 6.45) is 9.43. The predicted molar refractivity (Wildman–Crippen MR) is 259 cm³/mol. The molecule has 0 radical (unpaired) electrons. The van der Waals surface area contributed by atoms with Gasteiger partial charge in [-0.3, -0.25) is 0 Å². The molecule has 13 heteroatoms. The van der Waals surface area contributed by atoms with Crippen LogP contribution in [0.3, 0.4) is 0 Å². The summed E-state index contributed by atoms with van der Waals surface area (Å²) in [5.74, 6) is 3.80. The molecule has 4 aromatic rings. The zero-order valence-corrected chi connectivity index (χ0v) is 41.2. The van der Waals surface area contributed by atoms with Gasteiger partial charge < -0.3 is 47.4 Å². The Kier molecular flexibility index (Phi) is 16.9. The number of benzene rings is 4. The zero-order valence-electron chi connectivity index (χ0n) is 40.3. The Morgan fingerprint density at radius 1 is 0.515 bits per heavy atom. The molecule has 6 fully saturated rings. The van der Waals surface area contributed by atoms with Crippen LogP contribution in [0.4, 0.5) is 0 Å². The van der Waals surface area contributed by atoms with Crippen LogP contribution in [-0.2, 0) is 74.1 Å². The third kappa shape index (κ3) is 14.6. The molecule has 364 valence electrons. The van der Waals surface area contributed by atoms with Gasteiger partial charge in [0.05, 0.1) is 51.8 Å². The van der Waals surface area contributed by atoms with Gasteiger partial charge in [0, 0.05) is 23.7 Å². The molecular formula is C55H68O12P+. The molecule has 0 bridgehead atoms. The Morgan fingerprint density at radius 2 is 0.809 bits per heavy atom. The molecule has 6 saturated heterocycles. The van der Waals surface area contributed by atoms with Crippen molar-refractivity contribution < 1.29 is 56.5 Å². The molecule has 6 aliphatic heterocycles. The summed E-state index contributed by atoms with van der Waals surface area (Å²) in [6, 6.07) is 26.4. The quantitative estimate of drug-likeness (QED) is 0.0354. The van der Waals surface area contributed by atoms with E-state index in [0.717, 1.165) is 100 Å². The van der Waals surface area contributed by atoms with Crippen LogP contribution in [0.15, 0.2) is 85.5 Å². The molecule has 4 aromatic carbocycles. The van der Waals surface area contributed by atoms with Crippen molar-refractivity contribution in [3.8, 4) is 23.0 Å². The summed E-state index contributed by atoms with van der Waals surface area (Å²) in [6.45, 7) is 22.7. The van der Waals surface area contributed by atoms with E-state index in [1.54, 1.807) is 0 Å². The first-order valence-corrected chi connectivity index (χ1v) is 25.0. The fraction of sp³-hybridized carbons (Fsp3) is 0.527. The third-order valence-corrected chi connectivity index (χ3v) is 13.3. The van der Waals surface area contributed by atoms with Gasteiger partial charge in [-0.05, 0) is 88.0 Å². The molecule has 6 heterocycles. The Hall–Kier alpha value is -4.39. The van der Waals surface area contributed by atoms with Crippen molar-refractivity contribution in [2.24, 2.45) is 0 Å². The Bertz CT molecular complexity index is 2350. The van der Waals surface area contributed by atoms with Crippen molar-refractivity contribution >= 4 is 8.34 Å². The second-order valence-corrected chi connectivity index (χ2v) is 19.7. The Balaban J connectivity index is 0.000000174. The summed E-state index contributed by atoms with van der Waals surface area (Å²) >= 11 is 0. The van der Waals surface area contributed by atoms with Gasteiger partial charge in [-0.2, -0.15) is 0 Å². The minimum absolute atomic E-state index is 0.142. The van der Waals surface area contributed by atoms with Crippen LogP contribution in [0.1, 0.15) is 92.0 Å². The molecule has 0 saturated carbocycles. The summed E-state index contributed by atoms with van der Waals surface area (Å²) in [4.78, 5) is 0. The van der Waals surface area contributed by atoms with E-state index in [-0.39, 0.29) is 35.2 Å². The molecule has 0 N–H and O–H groups in total. The van der Waals surface area contributed by atoms with Gasteiger partial charge in [0.2, 0.25) is 0 Å².